The largest absolute Gasteiger partial charge is 0.496 e. The highest BCUT2D eigenvalue weighted by atomic mass is 16.5. The highest BCUT2D eigenvalue weighted by Crippen LogP contribution is 2.31. The maximum atomic E-state index is 5.47. The molecule has 4 rings (SSSR count). The van der Waals surface area contributed by atoms with Gasteiger partial charge in [-0.05, 0) is 25.0 Å². The number of nitrogens with one attached hydrogen (secondary N) is 1. The minimum absolute atomic E-state index is 0.684. The zero-order valence-corrected chi connectivity index (χ0v) is 14.0. The molecule has 0 amide bonds. The van der Waals surface area contributed by atoms with Gasteiger partial charge in [0, 0.05) is 29.4 Å². The van der Waals surface area contributed by atoms with Crippen molar-refractivity contribution in [1.29, 1.82) is 0 Å². The average molecular weight is 322 g/mol. The summed E-state index contributed by atoms with van der Waals surface area (Å²) in [5.41, 5.74) is 1.09. The summed E-state index contributed by atoms with van der Waals surface area (Å²) < 4.78 is 7.75. The maximum Gasteiger partial charge on any atom is 0.152 e. The monoisotopic (exact) mass is 322 g/mol. The summed E-state index contributed by atoms with van der Waals surface area (Å²) in [5, 5.41) is 14.6. The van der Waals surface area contributed by atoms with Gasteiger partial charge in [-0.3, -0.25) is 0 Å². The van der Waals surface area contributed by atoms with Crippen molar-refractivity contribution in [1.82, 2.24) is 14.8 Å². The number of fused-ring (bicyclic) bond motifs is 2. The van der Waals surface area contributed by atoms with Crippen LogP contribution in [0.15, 0.2) is 36.4 Å². The SMILES string of the molecule is COc1ccc(NCc2nnc3n2CCCCC3)c2ccccc12. The molecule has 0 fully saturated rings. The lowest BCUT2D eigenvalue weighted by molar-refractivity contribution is 0.420. The smallest absolute Gasteiger partial charge is 0.152 e. The van der Waals surface area contributed by atoms with E-state index >= 15 is 0 Å². The zero-order chi connectivity index (χ0) is 16.4. The maximum absolute atomic E-state index is 5.47. The molecule has 0 radical (unpaired) electrons. The van der Waals surface area contributed by atoms with Gasteiger partial charge >= 0.3 is 0 Å². The van der Waals surface area contributed by atoms with Gasteiger partial charge in [0.05, 0.1) is 13.7 Å². The normalized spacial score (nSPS) is 14.2. The van der Waals surface area contributed by atoms with E-state index in [1.807, 2.05) is 12.1 Å². The molecule has 2 heterocycles. The van der Waals surface area contributed by atoms with Gasteiger partial charge in [0.25, 0.3) is 0 Å². The van der Waals surface area contributed by atoms with Crippen LogP contribution in [-0.4, -0.2) is 21.9 Å². The molecule has 0 saturated carbocycles. The molecule has 1 aliphatic rings. The van der Waals surface area contributed by atoms with Gasteiger partial charge in [0.1, 0.15) is 11.6 Å². The number of benzene rings is 2. The van der Waals surface area contributed by atoms with Crippen molar-refractivity contribution in [3.05, 3.63) is 48.0 Å². The Kier molecular flexibility index (Phi) is 4.07. The molecule has 2 aromatic carbocycles. The Balaban J connectivity index is 1.61. The zero-order valence-electron chi connectivity index (χ0n) is 14.0. The number of aryl methyl sites for hydroxylation is 1. The quantitative estimate of drug-likeness (QED) is 0.794. The number of hydrogen-bond acceptors (Lipinski definition) is 4. The Morgan fingerprint density at radius 3 is 2.79 bits per heavy atom. The second-order valence-corrected chi connectivity index (χ2v) is 6.21. The van der Waals surface area contributed by atoms with Crippen LogP contribution in [0.5, 0.6) is 5.75 Å². The fourth-order valence-corrected chi connectivity index (χ4v) is 3.45. The number of aromatic nitrogens is 3. The minimum atomic E-state index is 0.684. The van der Waals surface area contributed by atoms with Crippen molar-refractivity contribution >= 4 is 16.5 Å². The topological polar surface area (TPSA) is 52.0 Å². The molecule has 5 nitrogen and oxygen atoms in total. The lowest BCUT2D eigenvalue weighted by Gasteiger charge is -2.13. The van der Waals surface area contributed by atoms with Crippen LogP contribution in [0, 0.1) is 0 Å². The molecule has 0 saturated heterocycles. The molecule has 3 aromatic rings. The molecule has 1 aliphatic heterocycles. The summed E-state index contributed by atoms with van der Waals surface area (Å²) in [4.78, 5) is 0. The molecular formula is C19H22N4O. The van der Waals surface area contributed by atoms with E-state index in [-0.39, 0.29) is 0 Å². The summed E-state index contributed by atoms with van der Waals surface area (Å²) in [6, 6.07) is 12.4. The molecule has 1 aromatic heterocycles. The van der Waals surface area contributed by atoms with Gasteiger partial charge in [0.15, 0.2) is 5.82 Å². The minimum Gasteiger partial charge on any atom is -0.496 e. The van der Waals surface area contributed by atoms with Crippen molar-refractivity contribution < 1.29 is 4.74 Å². The van der Waals surface area contributed by atoms with Crippen LogP contribution >= 0.6 is 0 Å². The van der Waals surface area contributed by atoms with Crippen LogP contribution in [0.25, 0.3) is 10.8 Å². The molecule has 0 atom stereocenters. The van der Waals surface area contributed by atoms with Crippen molar-refractivity contribution in [2.24, 2.45) is 0 Å². The average Bonchev–Trinajstić information content (AvgIpc) is 2.86. The van der Waals surface area contributed by atoms with E-state index in [0.29, 0.717) is 6.54 Å². The van der Waals surface area contributed by atoms with E-state index < -0.39 is 0 Å². The van der Waals surface area contributed by atoms with Crippen LogP contribution in [-0.2, 0) is 19.5 Å². The lowest BCUT2D eigenvalue weighted by Crippen LogP contribution is -2.10. The van der Waals surface area contributed by atoms with Crippen LogP contribution < -0.4 is 10.1 Å². The molecule has 5 heteroatoms. The first kappa shape index (κ1) is 15.0. The van der Waals surface area contributed by atoms with Crippen LogP contribution in [0.4, 0.5) is 5.69 Å². The number of anilines is 1. The van der Waals surface area contributed by atoms with Crippen molar-refractivity contribution in [3.8, 4) is 5.75 Å². The predicted octanol–water partition coefficient (Wildman–Crippen LogP) is 3.78. The van der Waals surface area contributed by atoms with Gasteiger partial charge in [-0.25, -0.2) is 0 Å². The number of hydrogen-bond donors (Lipinski definition) is 1. The first-order valence-corrected chi connectivity index (χ1v) is 8.57. The fourth-order valence-electron chi connectivity index (χ4n) is 3.45. The van der Waals surface area contributed by atoms with E-state index in [1.165, 1.54) is 19.3 Å². The highest BCUT2D eigenvalue weighted by molar-refractivity contribution is 5.97. The molecule has 0 spiro atoms. The first-order chi connectivity index (χ1) is 11.9. The summed E-state index contributed by atoms with van der Waals surface area (Å²) >= 11 is 0. The number of rotatable bonds is 4. The third kappa shape index (κ3) is 2.70. The Labute approximate surface area is 141 Å². The molecule has 124 valence electrons. The first-order valence-electron chi connectivity index (χ1n) is 8.57. The third-order valence-electron chi connectivity index (χ3n) is 4.73. The Morgan fingerprint density at radius 2 is 1.92 bits per heavy atom. The Hall–Kier alpha value is -2.56. The van der Waals surface area contributed by atoms with Crippen LogP contribution in [0.1, 0.15) is 30.9 Å². The van der Waals surface area contributed by atoms with Gasteiger partial charge in [-0.15, -0.1) is 10.2 Å². The second-order valence-electron chi connectivity index (χ2n) is 6.21. The standard InChI is InChI=1S/C19H22N4O/c1-24-17-11-10-16(14-7-4-5-8-15(14)17)20-13-19-22-21-18-9-3-2-6-12-23(18)19/h4-5,7-8,10-11,20H,2-3,6,9,12-13H2,1H3. The summed E-state index contributed by atoms with van der Waals surface area (Å²) in [6.45, 7) is 1.71. The van der Waals surface area contributed by atoms with Gasteiger partial charge in [-0.2, -0.15) is 0 Å². The molecule has 0 bridgehead atoms. The van der Waals surface area contributed by atoms with Crippen LogP contribution in [0.2, 0.25) is 0 Å². The van der Waals surface area contributed by atoms with Gasteiger partial charge in [0.2, 0.25) is 0 Å². The lowest BCUT2D eigenvalue weighted by atomic mass is 10.1. The van der Waals surface area contributed by atoms with Crippen LogP contribution in [0.3, 0.4) is 0 Å². The molecule has 0 aliphatic carbocycles. The van der Waals surface area contributed by atoms with Gasteiger partial charge in [-0.1, -0.05) is 30.7 Å². The summed E-state index contributed by atoms with van der Waals surface area (Å²) in [7, 11) is 1.71. The Bertz CT molecular complexity index is 856. The van der Waals surface area contributed by atoms with E-state index in [2.05, 4.69) is 44.3 Å². The molecule has 0 unspecified atom stereocenters. The number of methoxy groups -OCH3 is 1. The van der Waals surface area contributed by atoms with E-state index in [4.69, 9.17) is 4.74 Å². The number of ether oxygens (including phenoxy) is 1. The van der Waals surface area contributed by atoms with E-state index in [0.717, 1.165) is 46.8 Å². The number of nitrogens with zero attached hydrogens (tertiary/aromatic N) is 3. The summed E-state index contributed by atoms with van der Waals surface area (Å²) in [5.74, 6) is 3.04. The van der Waals surface area contributed by atoms with E-state index in [1.54, 1.807) is 7.11 Å². The van der Waals surface area contributed by atoms with Crippen molar-refractivity contribution in [2.45, 2.75) is 38.8 Å². The van der Waals surface area contributed by atoms with Crippen molar-refractivity contribution in [2.75, 3.05) is 12.4 Å². The fraction of sp³-hybridized carbons (Fsp3) is 0.368. The predicted molar refractivity (Wildman–Crippen MR) is 95.4 cm³/mol. The molecule has 1 N–H and O–H groups in total. The van der Waals surface area contributed by atoms with E-state index in [9.17, 15) is 0 Å². The molecule has 24 heavy (non-hydrogen) atoms. The Morgan fingerprint density at radius 1 is 1.04 bits per heavy atom. The second kappa shape index (κ2) is 6.51. The summed E-state index contributed by atoms with van der Waals surface area (Å²) in [6.07, 6.45) is 4.75. The van der Waals surface area contributed by atoms with Crippen molar-refractivity contribution in [3.63, 3.8) is 0 Å². The van der Waals surface area contributed by atoms with Gasteiger partial charge < -0.3 is 14.6 Å². The molecular weight excluding hydrogens is 300 g/mol. The third-order valence-corrected chi connectivity index (χ3v) is 4.73. The highest BCUT2D eigenvalue weighted by Gasteiger charge is 2.14.